The maximum absolute atomic E-state index is 12.5. The summed E-state index contributed by atoms with van der Waals surface area (Å²) < 4.78 is 31.5. The minimum atomic E-state index is -3.43. The van der Waals surface area contributed by atoms with E-state index < -0.39 is 10.0 Å². The molecule has 1 aliphatic rings. The molecule has 4 nitrogen and oxygen atoms in total. The van der Waals surface area contributed by atoms with E-state index in [1.165, 1.54) is 4.31 Å². The molecule has 0 saturated carbocycles. The van der Waals surface area contributed by atoms with Gasteiger partial charge in [-0.3, -0.25) is 0 Å². The average Bonchev–Trinajstić information content (AvgIpc) is 2.70. The molecule has 1 aliphatic heterocycles. The van der Waals surface area contributed by atoms with E-state index in [0.29, 0.717) is 23.4 Å². The van der Waals surface area contributed by atoms with Gasteiger partial charge in [0.2, 0.25) is 10.0 Å². The second-order valence-electron chi connectivity index (χ2n) is 4.99. The normalized spacial score (nSPS) is 16.6. The predicted molar refractivity (Wildman–Crippen MR) is 81.3 cm³/mol. The number of sulfonamides is 1. The highest BCUT2D eigenvalue weighted by molar-refractivity contribution is 7.89. The molecule has 0 amide bonds. The first kappa shape index (κ1) is 14.2. The minimum absolute atomic E-state index is 0.334. The van der Waals surface area contributed by atoms with E-state index in [1.54, 1.807) is 25.3 Å². The third kappa shape index (κ3) is 2.56. The lowest BCUT2D eigenvalue weighted by Crippen LogP contribution is -2.23. The van der Waals surface area contributed by atoms with Crippen LogP contribution in [0.25, 0.3) is 0 Å². The Hall–Kier alpha value is -1.79. The first-order valence-corrected chi connectivity index (χ1v) is 7.96. The Morgan fingerprint density at radius 3 is 2.57 bits per heavy atom. The van der Waals surface area contributed by atoms with E-state index in [0.717, 1.165) is 16.9 Å². The molecular weight excluding hydrogens is 285 g/mol. The minimum Gasteiger partial charge on any atom is -0.497 e. The fourth-order valence-corrected chi connectivity index (χ4v) is 4.07. The Labute approximate surface area is 125 Å². The zero-order valence-electron chi connectivity index (χ0n) is 11.6. The van der Waals surface area contributed by atoms with Crippen LogP contribution in [0.5, 0.6) is 5.75 Å². The van der Waals surface area contributed by atoms with Crippen LogP contribution in [0, 0.1) is 0 Å². The number of rotatable bonds is 3. The van der Waals surface area contributed by atoms with Gasteiger partial charge in [0.15, 0.2) is 0 Å². The summed E-state index contributed by atoms with van der Waals surface area (Å²) in [5.74, 6) is 0.749. The summed E-state index contributed by atoms with van der Waals surface area (Å²) in [7, 11) is 3.89. The highest BCUT2D eigenvalue weighted by Crippen LogP contribution is 2.30. The van der Waals surface area contributed by atoms with Crippen molar-refractivity contribution in [2.45, 2.75) is 18.0 Å². The highest BCUT2D eigenvalue weighted by Gasteiger charge is 2.34. The second kappa shape index (κ2) is 5.20. The van der Waals surface area contributed by atoms with Crippen LogP contribution < -0.4 is 10.2 Å². The van der Waals surface area contributed by atoms with Crippen molar-refractivity contribution in [2.75, 3.05) is 7.11 Å². The molecule has 2 aromatic carbocycles. The van der Waals surface area contributed by atoms with Gasteiger partial charge >= 0.3 is 0 Å². The predicted octanol–water partition coefficient (Wildman–Crippen LogP) is 1.19. The molecule has 3 rings (SSSR count). The Kier molecular flexibility index (Phi) is 3.51. The van der Waals surface area contributed by atoms with Crippen molar-refractivity contribution in [3.63, 3.8) is 0 Å². The van der Waals surface area contributed by atoms with Crippen LogP contribution in [0.15, 0.2) is 47.4 Å². The summed E-state index contributed by atoms with van der Waals surface area (Å²) >= 11 is 0. The smallest absolute Gasteiger partial charge is 0.244 e. The topological polar surface area (TPSA) is 46.6 Å². The van der Waals surface area contributed by atoms with Gasteiger partial charge in [0.05, 0.1) is 12.0 Å². The number of hydrogen-bond acceptors (Lipinski definition) is 3. The van der Waals surface area contributed by atoms with Crippen LogP contribution >= 0.6 is 0 Å². The van der Waals surface area contributed by atoms with E-state index in [4.69, 9.17) is 12.6 Å². The summed E-state index contributed by atoms with van der Waals surface area (Å²) in [6.45, 7) is 0.690. The monoisotopic (exact) mass is 299 g/mol. The molecule has 0 saturated heterocycles. The summed E-state index contributed by atoms with van der Waals surface area (Å²) in [4.78, 5) is 0.352. The van der Waals surface area contributed by atoms with E-state index in [2.05, 4.69) is 0 Å². The molecule has 0 N–H and O–H groups in total. The Morgan fingerprint density at radius 1 is 1.19 bits per heavy atom. The van der Waals surface area contributed by atoms with Crippen molar-refractivity contribution in [3.05, 3.63) is 53.6 Å². The summed E-state index contributed by atoms with van der Waals surface area (Å²) in [6.07, 6.45) is 0. The van der Waals surface area contributed by atoms with Crippen molar-refractivity contribution in [1.29, 1.82) is 0 Å². The maximum atomic E-state index is 12.5. The van der Waals surface area contributed by atoms with Crippen LogP contribution in [-0.4, -0.2) is 27.7 Å². The molecule has 0 unspecified atom stereocenters. The van der Waals surface area contributed by atoms with Gasteiger partial charge < -0.3 is 4.74 Å². The summed E-state index contributed by atoms with van der Waals surface area (Å²) in [5.41, 5.74) is 2.25. The van der Waals surface area contributed by atoms with E-state index in [1.807, 2.05) is 24.3 Å². The number of methoxy groups -OCH3 is 1. The van der Waals surface area contributed by atoms with Crippen LogP contribution in [0.1, 0.15) is 11.1 Å². The molecule has 2 radical (unpaired) electrons. The van der Waals surface area contributed by atoms with Gasteiger partial charge in [-0.25, -0.2) is 8.42 Å². The number of hydrogen-bond donors (Lipinski definition) is 0. The quantitative estimate of drug-likeness (QED) is 0.800. The largest absolute Gasteiger partial charge is 0.497 e. The number of nitrogens with zero attached hydrogens (tertiary/aromatic N) is 1. The number of fused-ring (bicyclic) bond motifs is 1. The van der Waals surface area contributed by atoms with Crippen LogP contribution in [0.4, 0.5) is 0 Å². The summed E-state index contributed by atoms with van der Waals surface area (Å²) in [5, 5.41) is 0. The van der Waals surface area contributed by atoms with Crippen LogP contribution in [0.2, 0.25) is 0 Å². The Morgan fingerprint density at radius 2 is 1.90 bits per heavy atom. The van der Waals surface area contributed by atoms with Gasteiger partial charge in [-0.2, -0.15) is 4.31 Å². The Balaban J connectivity index is 1.87. The fraction of sp³-hybridized carbons (Fsp3) is 0.200. The maximum Gasteiger partial charge on any atom is 0.244 e. The molecule has 0 spiro atoms. The van der Waals surface area contributed by atoms with Crippen LogP contribution in [-0.2, 0) is 23.1 Å². The first-order valence-electron chi connectivity index (χ1n) is 6.52. The van der Waals surface area contributed by atoms with Crippen molar-refractivity contribution >= 4 is 23.3 Å². The van der Waals surface area contributed by atoms with Crippen molar-refractivity contribution in [2.24, 2.45) is 0 Å². The van der Waals surface area contributed by atoms with E-state index in [-0.39, 0.29) is 0 Å². The van der Waals surface area contributed by atoms with Crippen molar-refractivity contribution in [3.8, 4) is 5.75 Å². The zero-order chi connectivity index (χ0) is 15.0. The summed E-state index contributed by atoms with van der Waals surface area (Å²) in [6, 6.07) is 12.3. The van der Waals surface area contributed by atoms with Crippen molar-refractivity contribution in [1.82, 2.24) is 4.31 Å². The average molecular weight is 299 g/mol. The molecule has 0 fully saturated rings. The van der Waals surface area contributed by atoms with Gasteiger partial charge in [-0.05, 0) is 29.3 Å². The molecule has 1 heterocycles. The van der Waals surface area contributed by atoms with Gasteiger partial charge in [0.1, 0.15) is 13.6 Å². The highest BCUT2D eigenvalue weighted by atomic mass is 32.2. The van der Waals surface area contributed by atoms with Crippen molar-refractivity contribution < 1.29 is 13.2 Å². The van der Waals surface area contributed by atoms with E-state index >= 15 is 0 Å². The lowest BCUT2D eigenvalue weighted by molar-refractivity contribution is 0.411. The number of ether oxygens (including phenoxy) is 1. The first-order chi connectivity index (χ1) is 10.0. The second-order valence-corrected chi connectivity index (χ2v) is 6.89. The lowest BCUT2D eigenvalue weighted by atomic mass is 9.94. The van der Waals surface area contributed by atoms with Crippen LogP contribution in [0.3, 0.4) is 0 Å². The molecule has 106 valence electrons. The van der Waals surface area contributed by atoms with Gasteiger partial charge in [0, 0.05) is 13.1 Å². The third-order valence-corrected chi connectivity index (χ3v) is 5.46. The molecule has 0 aromatic heterocycles. The Bertz CT molecular complexity index is 772. The molecule has 2 aromatic rings. The molecular formula is C15H14BNO3S. The standard InChI is InChI=1S/C15H14BNO3S/c1-20-14-5-2-11(3-6-14)9-17-10-12-8-13(16)4-7-15(12)21(17,18)19/h2-8H,9-10H2,1H3. The van der Waals surface area contributed by atoms with Gasteiger partial charge in [-0.1, -0.05) is 29.7 Å². The molecule has 0 atom stereocenters. The van der Waals surface area contributed by atoms with E-state index in [9.17, 15) is 8.42 Å². The SMILES string of the molecule is [B]c1ccc2c(c1)CN(Cc1ccc(OC)cc1)S2(=O)=O. The van der Waals surface area contributed by atoms with Gasteiger partial charge in [0.25, 0.3) is 0 Å². The lowest BCUT2D eigenvalue weighted by Gasteiger charge is -2.14. The number of benzene rings is 2. The zero-order valence-corrected chi connectivity index (χ0v) is 12.4. The molecule has 0 aliphatic carbocycles. The van der Waals surface area contributed by atoms with Gasteiger partial charge in [-0.15, -0.1) is 0 Å². The molecule has 0 bridgehead atoms. The molecule has 6 heteroatoms. The fourth-order valence-electron chi connectivity index (χ4n) is 2.46. The molecule has 21 heavy (non-hydrogen) atoms. The third-order valence-electron chi connectivity index (χ3n) is 3.57.